The Hall–Kier alpha value is -1.89. The van der Waals surface area contributed by atoms with Crippen LogP contribution in [0.1, 0.15) is 38.3 Å². The average Bonchev–Trinajstić information content (AvgIpc) is 2.78. The van der Waals surface area contributed by atoms with Crippen molar-refractivity contribution in [2.24, 2.45) is 0 Å². The van der Waals surface area contributed by atoms with Crippen LogP contribution in [0.3, 0.4) is 0 Å². The third-order valence-corrected chi connectivity index (χ3v) is 6.84. The summed E-state index contributed by atoms with van der Waals surface area (Å²) in [6, 6.07) is 12.3. The quantitative estimate of drug-likeness (QED) is 0.441. The van der Waals surface area contributed by atoms with E-state index in [-0.39, 0.29) is 23.6 Å². The SMILES string of the molecule is CCC(C)NC(=O)C(C)N(Cc1cccc(OC)c1)C(=O)CSCc1c(Cl)cccc1Cl. The molecule has 2 amide bonds. The van der Waals surface area contributed by atoms with E-state index in [1.165, 1.54) is 11.8 Å². The lowest BCUT2D eigenvalue weighted by Gasteiger charge is -2.29. The van der Waals surface area contributed by atoms with E-state index in [0.717, 1.165) is 17.5 Å². The summed E-state index contributed by atoms with van der Waals surface area (Å²) in [7, 11) is 1.60. The summed E-state index contributed by atoms with van der Waals surface area (Å²) in [6.45, 7) is 6.01. The fourth-order valence-electron chi connectivity index (χ4n) is 3.01. The number of thioether (sulfide) groups is 1. The fourth-order valence-corrected chi connectivity index (χ4v) is 4.66. The Bertz CT molecular complexity index is 906. The van der Waals surface area contributed by atoms with Gasteiger partial charge in [-0.05, 0) is 55.7 Å². The van der Waals surface area contributed by atoms with Crippen molar-refractivity contribution in [3.05, 3.63) is 63.6 Å². The van der Waals surface area contributed by atoms with Crippen LogP contribution in [0.25, 0.3) is 0 Å². The number of nitrogens with one attached hydrogen (secondary N) is 1. The van der Waals surface area contributed by atoms with Crippen molar-refractivity contribution in [1.82, 2.24) is 10.2 Å². The molecule has 2 rings (SSSR count). The highest BCUT2D eigenvalue weighted by atomic mass is 35.5. The second-order valence-electron chi connectivity index (χ2n) is 7.56. The molecular weight excluding hydrogens is 467 g/mol. The number of amides is 2. The molecule has 5 nitrogen and oxygen atoms in total. The van der Waals surface area contributed by atoms with Gasteiger partial charge in [-0.3, -0.25) is 9.59 Å². The van der Waals surface area contributed by atoms with Crippen LogP contribution in [0.5, 0.6) is 5.75 Å². The number of halogens is 2. The molecule has 0 aliphatic carbocycles. The van der Waals surface area contributed by atoms with Gasteiger partial charge in [0.25, 0.3) is 0 Å². The largest absolute Gasteiger partial charge is 0.497 e. The second kappa shape index (κ2) is 13.0. The fraction of sp³-hybridized carbons (Fsp3) is 0.417. The monoisotopic (exact) mass is 496 g/mol. The Morgan fingerprint density at radius 1 is 1.12 bits per heavy atom. The second-order valence-corrected chi connectivity index (χ2v) is 9.36. The van der Waals surface area contributed by atoms with E-state index in [9.17, 15) is 9.59 Å². The van der Waals surface area contributed by atoms with Gasteiger partial charge in [0.1, 0.15) is 11.8 Å². The number of nitrogens with zero attached hydrogens (tertiary/aromatic N) is 1. The summed E-state index contributed by atoms with van der Waals surface area (Å²) >= 11 is 13.9. The van der Waals surface area contributed by atoms with Gasteiger partial charge in [0.2, 0.25) is 11.8 Å². The molecule has 32 heavy (non-hydrogen) atoms. The number of carbonyl (C=O) groups is 2. The summed E-state index contributed by atoms with van der Waals surface area (Å²) in [4.78, 5) is 27.6. The van der Waals surface area contributed by atoms with Crippen molar-refractivity contribution >= 4 is 46.8 Å². The highest BCUT2D eigenvalue weighted by Gasteiger charge is 2.27. The first-order valence-electron chi connectivity index (χ1n) is 10.5. The smallest absolute Gasteiger partial charge is 0.242 e. The Balaban J connectivity index is 2.14. The van der Waals surface area contributed by atoms with E-state index >= 15 is 0 Å². The molecule has 0 saturated heterocycles. The lowest BCUT2D eigenvalue weighted by atomic mass is 10.1. The molecule has 174 valence electrons. The summed E-state index contributed by atoms with van der Waals surface area (Å²) < 4.78 is 5.30. The average molecular weight is 497 g/mol. The number of methoxy groups -OCH3 is 1. The van der Waals surface area contributed by atoms with Crippen LogP contribution >= 0.6 is 35.0 Å². The van der Waals surface area contributed by atoms with Gasteiger partial charge in [-0.15, -0.1) is 11.8 Å². The van der Waals surface area contributed by atoms with Crippen molar-refractivity contribution in [2.75, 3.05) is 12.9 Å². The molecule has 0 aromatic heterocycles. The van der Waals surface area contributed by atoms with Gasteiger partial charge in [-0.1, -0.05) is 48.3 Å². The summed E-state index contributed by atoms with van der Waals surface area (Å²) in [6.07, 6.45) is 0.816. The van der Waals surface area contributed by atoms with Crippen molar-refractivity contribution in [1.29, 1.82) is 0 Å². The molecule has 2 aromatic rings. The van der Waals surface area contributed by atoms with Crippen LogP contribution in [0.2, 0.25) is 10.0 Å². The number of benzene rings is 2. The molecule has 0 aliphatic rings. The molecule has 2 aromatic carbocycles. The highest BCUT2D eigenvalue weighted by Crippen LogP contribution is 2.28. The standard InChI is InChI=1S/C24H30Cl2N2O3S/c1-5-16(2)27-24(30)17(3)28(13-18-8-6-9-19(12-18)31-4)23(29)15-32-14-20-21(25)10-7-11-22(20)26/h6-12,16-17H,5,13-15H2,1-4H3,(H,27,30). The Morgan fingerprint density at radius 3 is 2.41 bits per heavy atom. The summed E-state index contributed by atoms with van der Waals surface area (Å²) in [5.74, 6) is 1.11. The molecule has 0 radical (unpaired) electrons. The van der Waals surface area contributed by atoms with Gasteiger partial charge in [0, 0.05) is 28.4 Å². The maximum Gasteiger partial charge on any atom is 0.242 e. The number of hydrogen-bond donors (Lipinski definition) is 1. The predicted molar refractivity (Wildman–Crippen MR) is 134 cm³/mol. The third-order valence-electron chi connectivity index (χ3n) is 5.19. The van der Waals surface area contributed by atoms with Crippen molar-refractivity contribution in [3.8, 4) is 5.75 Å². The molecule has 2 atom stereocenters. The van der Waals surface area contributed by atoms with E-state index in [2.05, 4.69) is 5.32 Å². The Labute approximate surface area is 204 Å². The molecule has 0 bridgehead atoms. The maximum atomic E-state index is 13.2. The molecule has 0 aliphatic heterocycles. The first kappa shape index (κ1) is 26.4. The Morgan fingerprint density at radius 2 is 1.78 bits per heavy atom. The highest BCUT2D eigenvalue weighted by molar-refractivity contribution is 7.99. The minimum atomic E-state index is -0.618. The van der Waals surface area contributed by atoms with Crippen LogP contribution in [-0.2, 0) is 21.9 Å². The number of carbonyl (C=O) groups excluding carboxylic acids is 2. The van der Waals surface area contributed by atoms with Crippen LogP contribution in [0.15, 0.2) is 42.5 Å². The first-order valence-corrected chi connectivity index (χ1v) is 12.4. The van der Waals surface area contributed by atoms with Crippen LogP contribution < -0.4 is 10.1 Å². The van der Waals surface area contributed by atoms with Crippen molar-refractivity contribution in [2.45, 2.75) is 51.6 Å². The maximum absolute atomic E-state index is 13.2. The van der Waals surface area contributed by atoms with Gasteiger partial charge >= 0.3 is 0 Å². The van der Waals surface area contributed by atoms with Gasteiger partial charge < -0.3 is 15.0 Å². The number of ether oxygens (including phenoxy) is 1. The molecular formula is C24H30Cl2N2O3S. The van der Waals surface area contributed by atoms with Gasteiger partial charge in [-0.25, -0.2) is 0 Å². The van der Waals surface area contributed by atoms with E-state index in [0.29, 0.717) is 28.1 Å². The van der Waals surface area contributed by atoms with Gasteiger partial charge in [0.05, 0.1) is 12.9 Å². The van der Waals surface area contributed by atoms with Gasteiger partial charge in [-0.2, -0.15) is 0 Å². The first-order chi connectivity index (χ1) is 15.3. The Kier molecular flexibility index (Phi) is 10.7. The van der Waals surface area contributed by atoms with Crippen LogP contribution in [-0.4, -0.2) is 41.7 Å². The van der Waals surface area contributed by atoms with Crippen molar-refractivity contribution < 1.29 is 14.3 Å². The van der Waals surface area contributed by atoms with Gasteiger partial charge in [0.15, 0.2) is 0 Å². The van der Waals surface area contributed by atoms with Crippen LogP contribution in [0, 0.1) is 0 Å². The minimum Gasteiger partial charge on any atom is -0.497 e. The van der Waals surface area contributed by atoms with E-state index in [1.807, 2.05) is 38.1 Å². The minimum absolute atomic E-state index is 0.0375. The van der Waals surface area contributed by atoms with Crippen LogP contribution in [0.4, 0.5) is 0 Å². The van der Waals surface area contributed by atoms with E-state index in [4.69, 9.17) is 27.9 Å². The molecule has 0 heterocycles. The molecule has 2 unspecified atom stereocenters. The van der Waals surface area contributed by atoms with E-state index < -0.39 is 6.04 Å². The van der Waals surface area contributed by atoms with E-state index in [1.54, 1.807) is 37.1 Å². The molecule has 0 fully saturated rings. The lowest BCUT2D eigenvalue weighted by molar-refractivity contribution is -0.138. The zero-order chi connectivity index (χ0) is 23.7. The normalized spacial score (nSPS) is 12.7. The zero-order valence-corrected chi connectivity index (χ0v) is 21.2. The predicted octanol–water partition coefficient (Wildman–Crippen LogP) is 5.57. The number of rotatable bonds is 11. The van der Waals surface area contributed by atoms with Crippen molar-refractivity contribution in [3.63, 3.8) is 0 Å². The number of hydrogen-bond acceptors (Lipinski definition) is 4. The molecule has 1 N–H and O–H groups in total. The summed E-state index contributed by atoms with van der Waals surface area (Å²) in [5, 5.41) is 4.12. The third kappa shape index (κ3) is 7.61. The zero-order valence-electron chi connectivity index (χ0n) is 18.9. The lowest BCUT2D eigenvalue weighted by Crippen LogP contribution is -2.50. The molecule has 0 spiro atoms. The topological polar surface area (TPSA) is 58.6 Å². The molecule has 8 heteroatoms. The summed E-state index contributed by atoms with van der Waals surface area (Å²) in [5.41, 5.74) is 1.69. The molecule has 0 saturated carbocycles.